The van der Waals surface area contributed by atoms with Crippen LogP contribution in [0.2, 0.25) is 0 Å². The minimum absolute atomic E-state index is 0.0854. The molecule has 0 aliphatic heterocycles. The van der Waals surface area contributed by atoms with Crippen molar-refractivity contribution in [1.29, 1.82) is 0 Å². The third kappa shape index (κ3) is 4.18. The van der Waals surface area contributed by atoms with Gasteiger partial charge < -0.3 is 5.32 Å². The van der Waals surface area contributed by atoms with Crippen molar-refractivity contribution in [1.82, 2.24) is 10.3 Å². The van der Waals surface area contributed by atoms with Gasteiger partial charge in [-0.1, -0.05) is 13.8 Å². The second-order valence-corrected chi connectivity index (χ2v) is 6.78. The van der Waals surface area contributed by atoms with Crippen LogP contribution < -0.4 is 5.32 Å². The molecule has 1 aromatic heterocycles. The molecule has 106 valence electrons. The van der Waals surface area contributed by atoms with Gasteiger partial charge in [-0.3, -0.25) is 4.79 Å². The fraction of sp³-hybridized carbons (Fsp3) is 0.714. The first-order valence-electron chi connectivity index (χ1n) is 6.87. The monoisotopic (exact) mass is 300 g/mol. The zero-order chi connectivity index (χ0) is 13.8. The van der Waals surface area contributed by atoms with Gasteiger partial charge in [0.05, 0.1) is 18.0 Å². The van der Waals surface area contributed by atoms with Crippen LogP contribution in [0.5, 0.6) is 0 Å². The molecule has 0 saturated heterocycles. The number of thiazole rings is 1. The van der Waals surface area contributed by atoms with E-state index in [1.165, 1.54) is 17.8 Å². The number of nitrogens with zero attached hydrogens (tertiary/aromatic N) is 1. The van der Waals surface area contributed by atoms with Gasteiger partial charge in [-0.2, -0.15) is 0 Å². The van der Waals surface area contributed by atoms with E-state index < -0.39 is 0 Å². The molecule has 1 aliphatic rings. The number of carbonyl (C=O) groups excluding carboxylic acids is 1. The van der Waals surface area contributed by atoms with Crippen molar-refractivity contribution in [2.75, 3.05) is 0 Å². The highest BCUT2D eigenvalue weighted by molar-refractivity contribution is 7.09. The molecule has 1 fully saturated rings. The van der Waals surface area contributed by atoms with E-state index in [0.717, 1.165) is 29.5 Å². The van der Waals surface area contributed by atoms with Gasteiger partial charge in [0.2, 0.25) is 5.91 Å². The molecule has 5 heteroatoms. The van der Waals surface area contributed by atoms with E-state index in [4.69, 9.17) is 11.6 Å². The Labute approximate surface area is 123 Å². The summed E-state index contributed by atoms with van der Waals surface area (Å²) < 4.78 is 0. The standard InChI is InChI=1S/C14H21ClN2OS/c1-9-3-4-11(5-10(9)2)16-13(18)6-14-17-12(7-15)8-19-14/h8-11H,3-7H2,1-2H3,(H,16,18). The molecule has 0 radical (unpaired) electrons. The van der Waals surface area contributed by atoms with Gasteiger partial charge >= 0.3 is 0 Å². The summed E-state index contributed by atoms with van der Waals surface area (Å²) in [5.41, 5.74) is 0.856. The minimum Gasteiger partial charge on any atom is -0.353 e. The van der Waals surface area contributed by atoms with Crippen LogP contribution >= 0.6 is 22.9 Å². The van der Waals surface area contributed by atoms with Crippen LogP contribution in [0.4, 0.5) is 0 Å². The fourth-order valence-corrected chi connectivity index (χ4v) is 3.61. The molecule has 0 aromatic carbocycles. The summed E-state index contributed by atoms with van der Waals surface area (Å²) >= 11 is 7.21. The molecule has 3 atom stereocenters. The highest BCUT2D eigenvalue weighted by Gasteiger charge is 2.25. The van der Waals surface area contributed by atoms with Crippen molar-refractivity contribution in [3.05, 3.63) is 16.1 Å². The van der Waals surface area contributed by atoms with Crippen molar-refractivity contribution in [2.24, 2.45) is 11.8 Å². The second-order valence-electron chi connectivity index (χ2n) is 5.58. The second kappa shape index (κ2) is 6.71. The molecule has 0 bridgehead atoms. The number of halogens is 1. The number of alkyl halides is 1. The van der Waals surface area contributed by atoms with Crippen molar-refractivity contribution in [3.63, 3.8) is 0 Å². The van der Waals surface area contributed by atoms with E-state index in [1.807, 2.05) is 5.38 Å². The summed E-state index contributed by atoms with van der Waals surface area (Å²) in [5.74, 6) is 1.97. The van der Waals surface area contributed by atoms with Crippen LogP contribution in [0.3, 0.4) is 0 Å². The Morgan fingerprint density at radius 1 is 1.47 bits per heavy atom. The van der Waals surface area contributed by atoms with Crippen molar-refractivity contribution >= 4 is 28.8 Å². The molecule has 3 nitrogen and oxygen atoms in total. The van der Waals surface area contributed by atoms with Gasteiger partial charge in [0, 0.05) is 11.4 Å². The quantitative estimate of drug-likeness (QED) is 0.866. The molecule has 1 aliphatic carbocycles. The van der Waals surface area contributed by atoms with E-state index in [-0.39, 0.29) is 5.91 Å². The van der Waals surface area contributed by atoms with Crippen LogP contribution in [0, 0.1) is 11.8 Å². The summed E-state index contributed by atoms with van der Waals surface area (Å²) in [6.45, 7) is 4.57. The largest absolute Gasteiger partial charge is 0.353 e. The smallest absolute Gasteiger partial charge is 0.227 e. The Morgan fingerprint density at radius 3 is 2.89 bits per heavy atom. The molecule has 1 aromatic rings. The molecule has 1 heterocycles. The highest BCUT2D eigenvalue weighted by atomic mass is 35.5. The van der Waals surface area contributed by atoms with Crippen LogP contribution in [0.25, 0.3) is 0 Å². The molecular weight excluding hydrogens is 280 g/mol. The van der Waals surface area contributed by atoms with E-state index in [9.17, 15) is 4.79 Å². The molecule has 1 amide bonds. The first-order chi connectivity index (χ1) is 9.08. The number of aromatic nitrogens is 1. The van der Waals surface area contributed by atoms with Gasteiger partial charge in [-0.05, 0) is 31.1 Å². The minimum atomic E-state index is 0.0854. The molecular formula is C14H21ClN2OS. The molecule has 2 rings (SSSR count). The van der Waals surface area contributed by atoms with E-state index >= 15 is 0 Å². The molecule has 1 saturated carbocycles. The lowest BCUT2D eigenvalue weighted by atomic mass is 9.79. The van der Waals surface area contributed by atoms with Gasteiger partial charge in [0.25, 0.3) is 0 Å². The number of hydrogen-bond donors (Lipinski definition) is 1. The molecule has 1 N–H and O–H groups in total. The maximum absolute atomic E-state index is 12.0. The van der Waals surface area contributed by atoms with Crippen LogP contribution in [-0.2, 0) is 17.1 Å². The maximum Gasteiger partial charge on any atom is 0.227 e. The Morgan fingerprint density at radius 2 is 2.26 bits per heavy atom. The predicted molar refractivity (Wildman–Crippen MR) is 79.5 cm³/mol. The van der Waals surface area contributed by atoms with Gasteiger partial charge in [-0.15, -0.1) is 22.9 Å². The van der Waals surface area contributed by atoms with E-state index in [0.29, 0.717) is 24.3 Å². The Kier molecular flexibility index (Phi) is 5.22. The number of amides is 1. The number of nitrogens with one attached hydrogen (secondary N) is 1. The normalized spacial score (nSPS) is 27.2. The van der Waals surface area contributed by atoms with Crippen molar-refractivity contribution in [2.45, 2.75) is 51.5 Å². The Balaban J connectivity index is 1.81. The number of rotatable bonds is 4. The first kappa shape index (κ1) is 14.8. The summed E-state index contributed by atoms with van der Waals surface area (Å²) in [7, 11) is 0. The third-order valence-corrected chi connectivity index (χ3v) is 5.18. The van der Waals surface area contributed by atoms with E-state index in [1.54, 1.807) is 0 Å². The summed E-state index contributed by atoms with van der Waals surface area (Å²) in [6, 6.07) is 0.339. The summed E-state index contributed by atoms with van der Waals surface area (Å²) in [4.78, 5) is 16.3. The third-order valence-electron chi connectivity index (χ3n) is 4.01. The average molecular weight is 301 g/mol. The number of carbonyl (C=O) groups is 1. The predicted octanol–water partition coefficient (Wildman–Crippen LogP) is 3.37. The van der Waals surface area contributed by atoms with Gasteiger partial charge in [0.15, 0.2) is 0 Å². The van der Waals surface area contributed by atoms with Gasteiger partial charge in [0.1, 0.15) is 5.01 Å². The highest BCUT2D eigenvalue weighted by Crippen LogP contribution is 2.29. The van der Waals surface area contributed by atoms with Gasteiger partial charge in [-0.25, -0.2) is 4.98 Å². The zero-order valence-corrected chi connectivity index (χ0v) is 13.1. The fourth-order valence-electron chi connectivity index (χ4n) is 2.59. The van der Waals surface area contributed by atoms with Crippen molar-refractivity contribution in [3.8, 4) is 0 Å². The maximum atomic E-state index is 12.0. The summed E-state index contributed by atoms with van der Waals surface area (Å²) in [5, 5.41) is 5.91. The topological polar surface area (TPSA) is 42.0 Å². The molecule has 3 unspecified atom stereocenters. The first-order valence-corrected chi connectivity index (χ1v) is 8.28. The Bertz CT molecular complexity index is 435. The average Bonchev–Trinajstić information content (AvgIpc) is 2.81. The number of hydrogen-bond acceptors (Lipinski definition) is 3. The summed E-state index contributed by atoms with van der Waals surface area (Å²) in [6.07, 6.45) is 3.78. The van der Waals surface area contributed by atoms with E-state index in [2.05, 4.69) is 24.1 Å². The lowest BCUT2D eigenvalue weighted by Gasteiger charge is -2.32. The van der Waals surface area contributed by atoms with Crippen LogP contribution in [0.15, 0.2) is 5.38 Å². The van der Waals surface area contributed by atoms with Crippen LogP contribution in [0.1, 0.15) is 43.8 Å². The lowest BCUT2D eigenvalue weighted by molar-refractivity contribution is -0.121. The zero-order valence-electron chi connectivity index (χ0n) is 11.5. The molecule has 0 spiro atoms. The lowest BCUT2D eigenvalue weighted by Crippen LogP contribution is -2.40. The Hall–Kier alpha value is -0.610. The van der Waals surface area contributed by atoms with Crippen molar-refractivity contribution < 1.29 is 4.79 Å². The van der Waals surface area contributed by atoms with Crippen LogP contribution in [-0.4, -0.2) is 16.9 Å². The molecule has 19 heavy (non-hydrogen) atoms. The SMILES string of the molecule is CC1CCC(NC(=O)Cc2nc(CCl)cs2)CC1C.